The van der Waals surface area contributed by atoms with Gasteiger partial charge in [-0.25, -0.2) is 4.39 Å². The number of benzene rings is 2. The van der Waals surface area contributed by atoms with Crippen molar-refractivity contribution in [3.05, 3.63) is 48.3 Å². The molecule has 0 heterocycles. The van der Waals surface area contributed by atoms with E-state index >= 15 is 0 Å². The number of halogens is 1. The monoisotopic (exact) mass is 510 g/mol. The van der Waals surface area contributed by atoms with E-state index in [1.54, 1.807) is 18.2 Å². The lowest BCUT2D eigenvalue weighted by Crippen LogP contribution is -2.25. The van der Waals surface area contributed by atoms with Gasteiger partial charge in [-0.05, 0) is 73.4 Å². The Morgan fingerprint density at radius 1 is 0.784 bits per heavy atom. The van der Waals surface area contributed by atoms with Gasteiger partial charge in [-0.2, -0.15) is 0 Å². The Balaban J connectivity index is 1.41. The van der Waals surface area contributed by atoms with Crippen LogP contribution >= 0.6 is 0 Å². The second-order valence-corrected chi connectivity index (χ2v) is 10.8. The maximum Gasteiger partial charge on any atom is 0.314 e. The summed E-state index contributed by atoms with van der Waals surface area (Å²) in [5.41, 5.74) is 1.66. The first-order valence-corrected chi connectivity index (χ1v) is 14.8. The van der Waals surface area contributed by atoms with Crippen molar-refractivity contribution in [3.63, 3.8) is 0 Å². The van der Waals surface area contributed by atoms with E-state index in [0.29, 0.717) is 18.1 Å². The highest BCUT2D eigenvalue weighted by molar-refractivity contribution is 5.75. The second-order valence-electron chi connectivity index (χ2n) is 10.8. The standard InChI is InChI=1S/C33H47FO3/c1-3-5-7-9-10-12-24-36-32-23-20-29(25-31(32)34)27-18-21-30(22-19-27)37-33(35)28-16-14-26(15-17-28)13-11-8-6-4-2/h18-23,25-26,28H,3-17,24H2,1-2H3. The maximum atomic E-state index is 14.6. The zero-order valence-electron chi connectivity index (χ0n) is 23.1. The van der Waals surface area contributed by atoms with E-state index in [4.69, 9.17) is 9.47 Å². The minimum Gasteiger partial charge on any atom is -0.491 e. The Labute approximate surface area is 224 Å². The zero-order valence-corrected chi connectivity index (χ0v) is 23.1. The average Bonchev–Trinajstić information content (AvgIpc) is 2.92. The summed E-state index contributed by atoms with van der Waals surface area (Å²) in [4.78, 5) is 12.7. The molecule has 4 heteroatoms. The first kappa shape index (κ1) is 29.2. The van der Waals surface area contributed by atoms with Gasteiger partial charge in [-0.1, -0.05) is 96.3 Å². The lowest BCUT2D eigenvalue weighted by Gasteiger charge is -2.27. The van der Waals surface area contributed by atoms with E-state index in [-0.39, 0.29) is 17.7 Å². The van der Waals surface area contributed by atoms with Crippen LogP contribution in [0.1, 0.15) is 110 Å². The van der Waals surface area contributed by atoms with Crippen LogP contribution in [0, 0.1) is 17.7 Å². The molecule has 2 aromatic rings. The van der Waals surface area contributed by atoms with Crippen LogP contribution in [0.2, 0.25) is 0 Å². The molecule has 1 aliphatic carbocycles. The molecule has 0 spiro atoms. The Morgan fingerprint density at radius 2 is 1.41 bits per heavy atom. The van der Waals surface area contributed by atoms with Crippen LogP contribution in [0.5, 0.6) is 11.5 Å². The van der Waals surface area contributed by atoms with E-state index in [1.807, 2.05) is 18.2 Å². The minimum absolute atomic E-state index is 0.00421. The maximum absolute atomic E-state index is 14.6. The van der Waals surface area contributed by atoms with Crippen LogP contribution in [-0.2, 0) is 4.79 Å². The van der Waals surface area contributed by atoms with Crippen LogP contribution < -0.4 is 9.47 Å². The molecule has 3 rings (SSSR count). The summed E-state index contributed by atoms with van der Waals surface area (Å²) in [7, 11) is 0. The van der Waals surface area contributed by atoms with E-state index in [0.717, 1.165) is 55.6 Å². The van der Waals surface area contributed by atoms with Gasteiger partial charge in [0.25, 0.3) is 0 Å². The highest BCUT2D eigenvalue weighted by atomic mass is 19.1. The zero-order chi connectivity index (χ0) is 26.3. The van der Waals surface area contributed by atoms with E-state index < -0.39 is 0 Å². The van der Waals surface area contributed by atoms with Gasteiger partial charge in [0.1, 0.15) is 5.75 Å². The molecule has 2 aromatic carbocycles. The number of hydrogen-bond acceptors (Lipinski definition) is 3. The Bertz CT molecular complexity index is 916. The van der Waals surface area contributed by atoms with Crippen molar-refractivity contribution in [2.24, 2.45) is 11.8 Å². The van der Waals surface area contributed by atoms with Crippen molar-refractivity contribution in [1.82, 2.24) is 0 Å². The number of unbranched alkanes of at least 4 members (excludes halogenated alkanes) is 8. The third kappa shape index (κ3) is 10.1. The summed E-state index contributed by atoms with van der Waals surface area (Å²) in [5.74, 6) is 1.17. The van der Waals surface area contributed by atoms with Crippen LogP contribution in [0.3, 0.4) is 0 Å². The first-order valence-electron chi connectivity index (χ1n) is 14.8. The van der Waals surface area contributed by atoms with Crippen LogP contribution in [-0.4, -0.2) is 12.6 Å². The number of hydrogen-bond donors (Lipinski definition) is 0. The van der Waals surface area contributed by atoms with Crippen molar-refractivity contribution >= 4 is 5.97 Å². The fourth-order valence-corrected chi connectivity index (χ4v) is 5.32. The number of rotatable bonds is 16. The van der Waals surface area contributed by atoms with E-state index in [9.17, 15) is 9.18 Å². The van der Waals surface area contributed by atoms with Gasteiger partial charge >= 0.3 is 5.97 Å². The molecule has 0 radical (unpaired) electrons. The summed E-state index contributed by atoms with van der Waals surface area (Å²) in [5, 5.41) is 0. The largest absolute Gasteiger partial charge is 0.491 e. The number of esters is 1. The minimum atomic E-state index is -0.347. The third-order valence-electron chi connectivity index (χ3n) is 7.74. The van der Waals surface area contributed by atoms with Crippen molar-refractivity contribution in [1.29, 1.82) is 0 Å². The van der Waals surface area contributed by atoms with Crippen molar-refractivity contribution in [2.45, 2.75) is 110 Å². The summed E-state index contributed by atoms with van der Waals surface area (Å²) in [6.07, 6.45) is 17.7. The molecule has 37 heavy (non-hydrogen) atoms. The normalized spacial score (nSPS) is 17.5. The molecule has 3 nitrogen and oxygen atoms in total. The fraction of sp³-hybridized carbons (Fsp3) is 0.606. The quantitative estimate of drug-likeness (QED) is 0.128. The average molecular weight is 511 g/mol. The summed E-state index contributed by atoms with van der Waals surface area (Å²) >= 11 is 0. The fourth-order valence-electron chi connectivity index (χ4n) is 5.32. The number of carbonyl (C=O) groups is 1. The van der Waals surface area contributed by atoms with Gasteiger partial charge < -0.3 is 9.47 Å². The molecule has 0 unspecified atom stereocenters. The van der Waals surface area contributed by atoms with Crippen molar-refractivity contribution in [2.75, 3.05) is 6.61 Å². The van der Waals surface area contributed by atoms with Crippen molar-refractivity contribution < 1.29 is 18.7 Å². The van der Waals surface area contributed by atoms with E-state index in [1.165, 1.54) is 63.9 Å². The van der Waals surface area contributed by atoms with Gasteiger partial charge in [0.2, 0.25) is 0 Å². The predicted octanol–water partition coefficient (Wildman–Crippen LogP) is 9.91. The van der Waals surface area contributed by atoms with Crippen LogP contribution in [0.25, 0.3) is 11.1 Å². The van der Waals surface area contributed by atoms with E-state index in [2.05, 4.69) is 13.8 Å². The molecule has 0 atom stereocenters. The van der Waals surface area contributed by atoms with Crippen LogP contribution in [0.4, 0.5) is 4.39 Å². The third-order valence-corrected chi connectivity index (χ3v) is 7.74. The van der Waals surface area contributed by atoms with Gasteiger partial charge in [0.15, 0.2) is 11.6 Å². The first-order chi connectivity index (χ1) is 18.1. The molecule has 0 aromatic heterocycles. The number of ether oxygens (including phenoxy) is 2. The Hall–Kier alpha value is -2.36. The molecule has 1 saturated carbocycles. The number of carbonyl (C=O) groups excluding carboxylic acids is 1. The highest BCUT2D eigenvalue weighted by Gasteiger charge is 2.27. The van der Waals surface area contributed by atoms with Gasteiger partial charge in [-0.15, -0.1) is 0 Å². The molecule has 0 amide bonds. The molecule has 1 aliphatic rings. The lowest BCUT2D eigenvalue weighted by molar-refractivity contribution is -0.140. The summed E-state index contributed by atoms with van der Waals surface area (Å²) in [6, 6.07) is 12.4. The Kier molecular flexibility index (Phi) is 13.0. The summed E-state index contributed by atoms with van der Waals surface area (Å²) in [6.45, 7) is 5.00. The van der Waals surface area contributed by atoms with Gasteiger partial charge in [0, 0.05) is 0 Å². The smallest absolute Gasteiger partial charge is 0.314 e. The SMILES string of the molecule is CCCCCCCCOc1ccc(-c2ccc(OC(=O)C3CCC(CCCCCC)CC3)cc2)cc1F. The molecular weight excluding hydrogens is 463 g/mol. The molecule has 0 aliphatic heterocycles. The molecule has 0 saturated heterocycles. The molecule has 0 bridgehead atoms. The van der Waals surface area contributed by atoms with Gasteiger partial charge in [0.05, 0.1) is 12.5 Å². The van der Waals surface area contributed by atoms with Crippen LogP contribution in [0.15, 0.2) is 42.5 Å². The lowest BCUT2D eigenvalue weighted by atomic mass is 9.80. The Morgan fingerprint density at radius 3 is 2.08 bits per heavy atom. The molecule has 0 N–H and O–H groups in total. The molecular formula is C33H47FO3. The van der Waals surface area contributed by atoms with Crippen molar-refractivity contribution in [3.8, 4) is 22.6 Å². The topological polar surface area (TPSA) is 35.5 Å². The molecule has 1 fully saturated rings. The highest BCUT2D eigenvalue weighted by Crippen LogP contribution is 2.33. The second kappa shape index (κ2) is 16.5. The predicted molar refractivity (Wildman–Crippen MR) is 151 cm³/mol. The van der Waals surface area contributed by atoms with Gasteiger partial charge in [-0.3, -0.25) is 4.79 Å². The molecule has 204 valence electrons. The summed E-state index contributed by atoms with van der Waals surface area (Å²) < 4.78 is 26.0.